The molecule has 0 N–H and O–H groups in total. The van der Waals surface area contributed by atoms with E-state index in [4.69, 9.17) is 9.47 Å². The van der Waals surface area contributed by atoms with E-state index < -0.39 is 17.4 Å². The maximum atomic E-state index is 11.5. The van der Waals surface area contributed by atoms with Crippen molar-refractivity contribution in [3.05, 3.63) is 0 Å². The number of hydrogen-bond donors (Lipinski definition) is 0. The van der Waals surface area contributed by atoms with Crippen molar-refractivity contribution in [1.29, 1.82) is 0 Å². The predicted molar refractivity (Wildman–Crippen MR) is 52.7 cm³/mol. The largest absolute Gasteiger partial charge is 0.464 e. The Hall–Kier alpha value is -1.50. The van der Waals surface area contributed by atoms with E-state index in [0.717, 1.165) is 0 Å². The summed E-state index contributed by atoms with van der Waals surface area (Å²) in [4.78, 5) is 23.0. The number of esters is 2. The fourth-order valence-electron chi connectivity index (χ4n) is 1.01. The van der Waals surface area contributed by atoms with Crippen LogP contribution in [0.2, 0.25) is 0 Å². The van der Waals surface area contributed by atoms with Gasteiger partial charge >= 0.3 is 11.9 Å². The molecule has 1 aliphatic heterocycles. The Balaban J connectivity index is 2.74. The Bertz CT molecular complexity index is 291. The van der Waals surface area contributed by atoms with E-state index in [2.05, 4.69) is 11.8 Å². The van der Waals surface area contributed by atoms with Crippen LogP contribution in [-0.4, -0.2) is 25.2 Å². The molecule has 4 nitrogen and oxygen atoms in total. The highest BCUT2D eigenvalue weighted by molar-refractivity contribution is 5.99. The zero-order valence-electron chi connectivity index (χ0n) is 8.96. The van der Waals surface area contributed by atoms with Crippen LogP contribution in [0.25, 0.3) is 0 Å². The van der Waals surface area contributed by atoms with Crippen molar-refractivity contribution in [3.63, 3.8) is 0 Å². The van der Waals surface area contributed by atoms with Crippen molar-refractivity contribution in [1.82, 2.24) is 0 Å². The fourth-order valence-corrected chi connectivity index (χ4v) is 1.01. The topological polar surface area (TPSA) is 52.6 Å². The number of ether oxygens (including phenoxy) is 2. The van der Waals surface area contributed by atoms with Gasteiger partial charge in [-0.15, -0.1) is 0 Å². The van der Waals surface area contributed by atoms with Crippen LogP contribution < -0.4 is 0 Å². The predicted octanol–water partition coefficient (Wildman–Crippen LogP) is 0.896. The molecule has 0 aromatic rings. The zero-order chi connectivity index (χ0) is 11.3. The van der Waals surface area contributed by atoms with Crippen molar-refractivity contribution < 1.29 is 19.1 Å². The molecule has 82 valence electrons. The minimum absolute atomic E-state index is 0.225. The van der Waals surface area contributed by atoms with Gasteiger partial charge in [-0.2, -0.15) is 0 Å². The fraction of sp³-hybridized carbons (Fsp3) is 0.636. The lowest BCUT2D eigenvalue weighted by Crippen LogP contribution is -2.36. The molecule has 0 unspecified atom stereocenters. The molecule has 0 amide bonds. The molecule has 0 spiro atoms. The summed E-state index contributed by atoms with van der Waals surface area (Å²) in [6, 6.07) is 0. The van der Waals surface area contributed by atoms with Gasteiger partial charge in [0.2, 0.25) is 0 Å². The van der Waals surface area contributed by atoms with Crippen LogP contribution in [0.1, 0.15) is 26.7 Å². The summed E-state index contributed by atoms with van der Waals surface area (Å²) in [5.74, 6) is 4.54. The van der Waals surface area contributed by atoms with Gasteiger partial charge in [0.15, 0.2) is 5.41 Å². The third kappa shape index (κ3) is 2.98. The lowest BCUT2D eigenvalue weighted by molar-refractivity contribution is -0.169. The van der Waals surface area contributed by atoms with Crippen LogP contribution in [0.5, 0.6) is 0 Å². The maximum absolute atomic E-state index is 11.5. The van der Waals surface area contributed by atoms with Crippen molar-refractivity contribution in [2.24, 2.45) is 5.41 Å². The summed E-state index contributed by atoms with van der Waals surface area (Å²) >= 11 is 0. The minimum Gasteiger partial charge on any atom is -0.464 e. The molecular weight excluding hydrogens is 196 g/mol. The van der Waals surface area contributed by atoms with Gasteiger partial charge in [-0.1, -0.05) is 11.8 Å². The Morgan fingerprint density at radius 2 is 1.40 bits per heavy atom. The number of carbonyl (C=O) groups excluding carboxylic acids is 2. The second-order valence-corrected chi connectivity index (χ2v) is 3.75. The first-order valence-corrected chi connectivity index (χ1v) is 4.85. The molecule has 0 fully saturated rings. The van der Waals surface area contributed by atoms with E-state index in [9.17, 15) is 9.59 Å². The molecule has 0 saturated heterocycles. The highest BCUT2D eigenvalue weighted by Crippen LogP contribution is 2.20. The lowest BCUT2D eigenvalue weighted by Gasteiger charge is -2.19. The first-order valence-electron chi connectivity index (χ1n) is 4.85. The molecular formula is C11H14O4. The molecule has 4 heteroatoms. The quantitative estimate of drug-likeness (QED) is 0.338. The first-order chi connectivity index (χ1) is 7.05. The number of cyclic esters (lactones) is 2. The molecule has 0 aliphatic carbocycles. The van der Waals surface area contributed by atoms with Gasteiger partial charge in [0.25, 0.3) is 0 Å². The molecule has 15 heavy (non-hydrogen) atoms. The highest BCUT2D eigenvalue weighted by Gasteiger charge is 2.39. The molecule has 1 rings (SSSR count). The van der Waals surface area contributed by atoms with E-state index in [1.54, 1.807) is 0 Å². The Morgan fingerprint density at radius 3 is 1.80 bits per heavy atom. The Labute approximate surface area is 88.9 Å². The first kappa shape index (κ1) is 11.6. The second-order valence-electron chi connectivity index (χ2n) is 3.75. The molecule has 1 heterocycles. The van der Waals surface area contributed by atoms with Gasteiger partial charge in [-0.3, -0.25) is 9.59 Å². The lowest BCUT2D eigenvalue weighted by atomic mass is 9.94. The molecule has 0 aromatic heterocycles. The summed E-state index contributed by atoms with van der Waals surface area (Å²) in [6.45, 7) is 3.44. The SMILES string of the molecule is CC1(C)C(=O)OCCC#CCCOC1=O. The highest BCUT2D eigenvalue weighted by atomic mass is 16.6. The molecule has 0 saturated carbocycles. The summed E-state index contributed by atoms with van der Waals surface area (Å²) in [5, 5.41) is 0. The van der Waals surface area contributed by atoms with Crippen LogP contribution in [0, 0.1) is 17.3 Å². The van der Waals surface area contributed by atoms with Gasteiger partial charge in [0.05, 0.1) is 0 Å². The monoisotopic (exact) mass is 210 g/mol. The van der Waals surface area contributed by atoms with Crippen molar-refractivity contribution >= 4 is 11.9 Å². The maximum Gasteiger partial charge on any atom is 0.322 e. The summed E-state index contributed by atoms with van der Waals surface area (Å²) in [6.07, 6.45) is 0.992. The smallest absolute Gasteiger partial charge is 0.322 e. The third-order valence-electron chi connectivity index (χ3n) is 2.07. The van der Waals surface area contributed by atoms with Crippen LogP contribution >= 0.6 is 0 Å². The van der Waals surface area contributed by atoms with E-state index in [1.165, 1.54) is 13.8 Å². The summed E-state index contributed by atoms with van der Waals surface area (Å²) in [5.41, 5.74) is -1.23. The molecule has 0 radical (unpaired) electrons. The number of carbonyl (C=O) groups is 2. The van der Waals surface area contributed by atoms with Gasteiger partial charge in [-0.25, -0.2) is 0 Å². The van der Waals surface area contributed by atoms with Crippen LogP contribution in [0.4, 0.5) is 0 Å². The van der Waals surface area contributed by atoms with E-state index in [-0.39, 0.29) is 13.2 Å². The van der Waals surface area contributed by atoms with Gasteiger partial charge < -0.3 is 9.47 Å². The second kappa shape index (κ2) is 4.83. The van der Waals surface area contributed by atoms with Crippen LogP contribution in [-0.2, 0) is 19.1 Å². The number of rotatable bonds is 0. The van der Waals surface area contributed by atoms with Gasteiger partial charge in [0.1, 0.15) is 13.2 Å². The molecule has 1 aliphatic rings. The molecule has 0 aromatic carbocycles. The van der Waals surface area contributed by atoms with Crippen LogP contribution in [0.3, 0.4) is 0 Å². The molecule has 0 atom stereocenters. The Kier molecular flexibility index (Phi) is 3.73. The van der Waals surface area contributed by atoms with E-state index in [1.807, 2.05) is 0 Å². The van der Waals surface area contributed by atoms with Crippen molar-refractivity contribution in [2.75, 3.05) is 13.2 Å². The van der Waals surface area contributed by atoms with Crippen LogP contribution in [0.15, 0.2) is 0 Å². The summed E-state index contributed by atoms with van der Waals surface area (Å²) in [7, 11) is 0. The standard InChI is InChI=1S/C11H14O4/c1-11(2)9(12)14-7-5-3-4-6-8-15-10(11)13/h5-8H2,1-2H3. The number of hydrogen-bond acceptors (Lipinski definition) is 4. The zero-order valence-corrected chi connectivity index (χ0v) is 8.96. The average molecular weight is 210 g/mol. The van der Waals surface area contributed by atoms with Crippen molar-refractivity contribution in [3.8, 4) is 11.8 Å². The van der Waals surface area contributed by atoms with E-state index in [0.29, 0.717) is 12.8 Å². The van der Waals surface area contributed by atoms with Crippen molar-refractivity contribution in [2.45, 2.75) is 26.7 Å². The Morgan fingerprint density at radius 1 is 1.00 bits per heavy atom. The summed E-state index contributed by atoms with van der Waals surface area (Å²) < 4.78 is 9.83. The minimum atomic E-state index is -1.23. The van der Waals surface area contributed by atoms with E-state index >= 15 is 0 Å². The average Bonchev–Trinajstić information content (AvgIpc) is 2.21. The normalized spacial score (nSPS) is 21.5. The van der Waals surface area contributed by atoms with Gasteiger partial charge in [0, 0.05) is 12.8 Å². The molecule has 0 bridgehead atoms. The third-order valence-corrected chi connectivity index (χ3v) is 2.07. The van der Waals surface area contributed by atoms with Gasteiger partial charge in [-0.05, 0) is 13.8 Å².